The minimum absolute atomic E-state index is 0.468. The molecule has 3 N–H and O–H groups in total. The number of aromatic nitrogens is 2. The summed E-state index contributed by atoms with van der Waals surface area (Å²) < 4.78 is 5.23. The van der Waals surface area contributed by atoms with Gasteiger partial charge in [-0.05, 0) is 25.7 Å². The molecule has 2 rings (SSSR count). The van der Waals surface area contributed by atoms with Crippen molar-refractivity contribution in [2.45, 2.75) is 39.2 Å². The zero-order valence-electron chi connectivity index (χ0n) is 12.6. The number of nitrogen functional groups attached to an aromatic ring is 1. The molecular weight excluding hydrogens is 254 g/mol. The second kappa shape index (κ2) is 6.85. The Morgan fingerprint density at radius 1 is 1.50 bits per heavy atom. The van der Waals surface area contributed by atoms with E-state index in [1.54, 1.807) is 7.11 Å². The third kappa shape index (κ3) is 3.58. The molecule has 1 aromatic heterocycles. The van der Waals surface area contributed by atoms with Crippen molar-refractivity contribution in [1.29, 1.82) is 0 Å². The number of ether oxygens (including phenoxy) is 1. The van der Waals surface area contributed by atoms with Crippen molar-refractivity contribution in [3.8, 4) is 0 Å². The largest absolute Gasteiger partial charge is 0.383 e. The summed E-state index contributed by atoms with van der Waals surface area (Å²) in [5.41, 5.74) is 2.63. The lowest BCUT2D eigenvalue weighted by molar-refractivity contribution is 0.202. The number of hydrogen-bond donors (Lipinski definition) is 2. The van der Waals surface area contributed by atoms with E-state index in [0.29, 0.717) is 18.5 Å². The molecule has 1 aliphatic rings. The van der Waals surface area contributed by atoms with Gasteiger partial charge in [0.05, 0.1) is 6.61 Å². The van der Waals surface area contributed by atoms with Gasteiger partial charge in [-0.1, -0.05) is 6.92 Å². The molecule has 0 radical (unpaired) electrons. The number of anilines is 2. The molecule has 0 saturated heterocycles. The van der Waals surface area contributed by atoms with Crippen molar-refractivity contribution in [1.82, 2.24) is 9.97 Å². The first-order valence-electron chi connectivity index (χ1n) is 7.29. The summed E-state index contributed by atoms with van der Waals surface area (Å²) in [4.78, 5) is 11.3. The van der Waals surface area contributed by atoms with Gasteiger partial charge in [0.15, 0.2) is 0 Å². The van der Waals surface area contributed by atoms with E-state index in [0.717, 1.165) is 30.5 Å². The van der Waals surface area contributed by atoms with Crippen LogP contribution in [0.2, 0.25) is 0 Å². The summed E-state index contributed by atoms with van der Waals surface area (Å²) in [6, 6.07) is 2.38. The Labute approximate surface area is 120 Å². The maximum atomic E-state index is 5.51. The average Bonchev–Trinajstić information content (AvgIpc) is 3.31. The van der Waals surface area contributed by atoms with Gasteiger partial charge < -0.3 is 15.1 Å². The SMILES string of the molecule is CCc1nc(NN)cc(N(CCOC)C(C)C2CC2)n1. The highest BCUT2D eigenvalue weighted by Crippen LogP contribution is 2.36. The van der Waals surface area contributed by atoms with E-state index in [1.165, 1.54) is 12.8 Å². The molecule has 6 heteroatoms. The molecule has 0 bridgehead atoms. The normalized spacial score (nSPS) is 16.0. The fourth-order valence-electron chi connectivity index (χ4n) is 2.41. The molecule has 1 fully saturated rings. The van der Waals surface area contributed by atoms with Crippen LogP contribution in [0, 0.1) is 5.92 Å². The highest BCUT2D eigenvalue weighted by atomic mass is 16.5. The molecule has 1 saturated carbocycles. The third-order valence-corrected chi connectivity index (χ3v) is 3.85. The second-order valence-electron chi connectivity index (χ2n) is 5.29. The van der Waals surface area contributed by atoms with Crippen LogP contribution in [0.4, 0.5) is 11.6 Å². The van der Waals surface area contributed by atoms with E-state index < -0.39 is 0 Å². The minimum atomic E-state index is 0.468. The number of hydrogen-bond acceptors (Lipinski definition) is 6. The zero-order valence-corrected chi connectivity index (χ0v) is 12.6. The van der Waals surface area contributed by atoms with Crippen LogP contribution in [0.1, 0.15) is 32.5 Å². The molecule has 1 aliphatic carbocycles. The van der Waals surface area contributed by atoms with Crippen molar-refractivity contribution < 1.29 is 4.74 Å². The van der Waals surface area contributed by atoms with E-state index in [-0.39, 0.29) is 0 Å². The Morgan fingerprint density at radius 3 is 2.80 bits per heavy atom. The summed E-state index contributed by atoms with van der Waals surface area (Å²) in [5.74, 6) is 8.67. The molecule has 112 valence electrons. The van der Waals surface area contributed by atoms with Crippen LogP contribution in [0.15, 0.2) is 6.07 Å². The number of hydrazine groups is 1. The van der Waals surface area contributed by atoms with E-state index in [1.807, 2.05) is 13.0 Å². The fraction of sp³-hybridized carbons (Fsp3) is 0.714. The smallest absolute Gasteiger partial charge is 0.145 e. The molecule has 0 aliphatic heterocycles. The Morgan fingerprint density at radius 2 is 2.25 bits per heavy atom. The van der Waals surface area contributed by atoms with Gasteiger partial charge in [-0.25, -0.2) is 15.8 Å². The van der Waals surface area contributed by atoms with E-state index >= 15 is 0 Å². The molecule has 1 atom stereocenters. The van der Waals surface area contributed by atoms with Crippen LogP contribution in [0.3, 0.4) is 0 Å². The first kappa shape index (κ1) is 15.0. The van der Waals surface area contributed by atoms with Gasteiger partial charge in [-0.15, -0.1) is 0 Å². The highest BCUT2D eigenvalue weighted by molar-refractivity contribution is 5.49. The number of aryl methyl sites for hydroxylation is 1. The number of rotatable bonds is 8. The molecule has 20 heavy (non-hydrogen) atoms. The summed E-state index contributed by atoms with van der Waals surface area (Å²) in [7, 11) is 1.73. The predicted molar refractivity (Wildman–Crippen MR) is 80.6 cm³/mol. The molecular formula is C14H25N5O. The number of methoxy groups -OCH3 is 1. The first-order chi connectivity index (χ1) is 9.69. The first-order valence-corrected chi connectivity index (χ1v) is 7.29. The Balaban J connectivity index is 2.25. The van der Waals surface area contributed by atoms with Crippen molar-refractivity contribution in [2.75, 3.05) is 30.6 Å². The highest BCUT2D eigenvalue weighted by Gasteiger charge is 2.32. The van der Waals surface area contributed by atoms with E-state index in [4.69, 9.17) is 10.6 Å². The zero-order chi connectivity index (χ0) is 14.5. The quantitative estimate of drug-likeness (QED) is 0.556. The standard InChI is InChI=1S/C14H25N5O/c1-4-12-16-13(18-15)9-14(17-12)19(7-8-20-3)10(2)11-5-6-11/h9-11H,4-8,15H2,1-3H3,(H,16,17,18). The van der Waals surface area contributed by atoms with Gasteiger partial charge in [-0.2, -0.15) is 0 Å². The van der Waals surface area contributed by atoms with Gasteiger partial charge in [0.1, 0.15) is 17.5 Å². The Kier molecular flexibility index (Phi) is 5.14. The van der Waals surface area contributed by atoms with Gasteiger partial charge in [-0.3, -0.25) is 0 Å². The predicted octanol–water partition coefficient (Wildman–Crippen LogP) is 1.58. The van der Waals surface area contributed by atoms with Crippen molar-refractivity contribution in [2.24, 2.45) is 11.8 Å². The molecule has 0 spiro atoms. The third-order valence-electron chi connectivity index (χ3n) is 3.85. The van der Waals surface area contributed by atoms with Gasteiger partial charge in [0, 0.05) is 32.2 Å². The van der Waals surface area contributed by atoms with E-state index in [2.05, 4.69) is 27.2 Å². The van der Waals surface area contributed by atoms with Crippen LogP contribution in [0.25, 0.3) is 0 Å². The molecule has 1 aromatic rings. The minimum Gasteiger partial charge on any atom is -0.383 e. The number of nitrogens with zero attached hydrogens (tertiary/aromatic N) is 3. The lowest BCUT2D eigenvalue weighted by Gasteiger charge is -2.30. The van der Waals surface area contributed by atoms with Crippen molar-refractivity contribution in [3.63, 3.8) is 0 Å². The summed E-state index contributed by atoms with van der Waals surface area (Å²) in [5, 5.41) is 0. The number of nitrogens with two attached hydrogens (primary N) is 1. The lowest BCUT2D eigenvalue weighted by Crippen LogP contribution is -2.38. The fourth-order valence-corrected chi connectivity index (χ4v) is 2.41. The Hall–Kier alpha value is -1.40. The summed E-state index contributed by atoms with van der Waals surface area (Å²) in [6.07, 6.45) is 3.40. The van der Waals surface area contributed by atoms with E-state index in [9.17, 15) is 0 Å². The lowest BCUT2D eigenvalue weighted by atomic mass is 10.2. The molecule has 0 aromatic carbocycles. The molecule has 1 unspecified atom stereocenters. The monoisotopic (exact) mass is 279 g/mol. The van der Waals surface area contributed by atoms with Crippen LogP contribution < -0.4 is 16.2 Å². The average molecular weight is 279 g/mol. The van der Waals surface area contributed by atoms with Crippen LogP contribution in [-0.4, -0.2) is 36.3 Å². The topological polar surface area (TPSA) is 76.3 Å². The van der Waals surface area contributed by atoms with Crippen LogP contribution in [0.5, 0.6) is 0 Å². The molecule has 6 nitrogen and oxygen atoms in total. The molecule has 1 heterocycles. The van der Waals surface area contributed by atoms with Gasteiger partial charge in [0.2, 0.25) is 0 Å². The summed E-state index contributed by atoms with van der Waals surface area (Å²) in [6.45, 7) is 5.83. The number of nitrogens with one attached hydrogen (secondary N) is 1. The Bertz CT molecular complexity index is 413. The van der Waals surface area contributed by atoms with Crippen LogP contribution >= 0.6 is 0 Å². The maximum absolute atomic E-state index is 5.51. The molecule has 0 amide bonds. The van der Waals surface area contributed by atoms with Crippen molar-refractivity contribution >= 4 is 11.6 Å². The van der Waals surface area contributed by atoms with Crippen molar-refractivity contribution in [3.05, 3.63) is 11.9 Å². The van der Waals surface area contributed by atoms with Gasteiger partial charge in [0.25, 0.3) is 0 Å². The summed E-state index contributed by atoms with van der Waals surface area (Å²) >= 11 is 0. The maximum Gasteiger partial charge on any atom is 0.145 e. The van der Waals surface area contributed by atoms with Gasteiger partial charge >= 0.3 is 0 Å². The second-order valence-corrected chi connectivity index (χ2v) is 5.29. The van der Waals surface area contributed by atoms with Crippen LogP contribution in [-0.2, 0) is 11.2 Å².